The monoisotopic (exact) mass is 365 g/mol. The van der Waals surface area contributed by atoms with Crippen LogP contribution in [0.15, 0.2) is 18.5 Å². The summed E-state index contributed by atoms with van der Waals surface area (Å²) in [6.07, 6.45) is 3.98. The zero-order valence-corrected chi connectivity index (χ0v) is 15.5. The summed E-state index contributed by atoms with van der Waals surface area (Å²) in [4.78, 5) is 16.7. The highest BCUT2D eigenvalue weighted by Crippen LogP contribution is 2.27. The number of aryl methyl sites for hydroxylation is 1. The quantitative estimate of drug-likeness (QED) is 0.866. The van der Waals surface area contributed by atoms with Gasteiger partial charge in [0.15, 0.2) is 9.84 Å². The van der Waals surface area contributed by atoms with E-state index >= 15 is 0 Å². The minimum absolute atomic E-state index is 0.0655. The van der Waals surface area contributed by atoms with E-state index < -0.39 is 9.84 Å². The third-order valence-corrected chi connectivity index (χ3v) is 6.01. The molecule has 2 aromatic rings. The van der Waals surface area contributed by atoms with Gasteiger partial charge in [-0.25, -0.2) is 18.1 Å². The Morgan fingerprint density at radius 3 is 2.84 bits per heavy atom. The fourth-order valence-electron chi connectivity index (χ4n) is 3.15. The molecule has 9 heteroatoms. The summed E-state index contributed by atoms with van der Waals surface area (Å²) in [6, 6.07) is 1.54. The highest BCUT2D eigenvalue weighted by atomic mass is 32.2. The third kappa shape index (κ3) is 3.92. The maximum absolute atomic E-state index is 12.4. The Morgan fingerprint density at radius 2 is 2.20 bits per heavy atom. The number of anilines is 1. The number of carbonyl (C=O) groups excluding carboxylic acids is 1. The number of hydrogen-bond acceptors (Lipinski definition) is 5. The second-order valence-corrected chi connectivity index (χ2v) is 9.02. The summed E-state index contributed by atoms with van der Waals surface area (Å²) in [7, 11) is -3.02. The average Bonchev–Trinajstić information content (AvgIpc) is 3.18. The lowest BCUT2D eigenvalue weighted by atomic mass is 10.2. The van der Waals surface area contributed by atoms with Gasteiger partial charge in [0, 0.05) is 24.4 Å². The van der Waals surface area contributed by atoms with Gasteiger partial charge < -0.3 is 9.88 Å². The molecule has 0 aromatic carbocycles. The van der Waals surface area contributed by atoms with Crippen LogP contribution < -0.4 is 5.32 Å². The molecule has 25 heavy (non-hydrogen) atoms. The van der Waals surface area contributed by atoms with Crippen molar-refractivity contribution in [2.24, 2.45) is 0 Å². The first-order valence-corrected chi connectivity index (χ1v) is 10.1. The molecule has 3 heterocycles. The molecule has 1 amide bonds. The van der Waals surface area contributed by atoms with Crippen LogP contribution in [0.5, 0.6) is 0 Å². The van der Waals surface area contributed by atoms with Crippen LogP contribution in [0, 0.1) is 6.92 Å². The molecule has 136 valence electrons. The predicted molar refractivity (Wildman–Crippen MR) is 94.2 cm³/mol. The molecular formula is C16H23N5O3S. The molecule has 1 aliphatic rings. The summed E-state index contributed by atoms with van der Waals surface area (Å²) in [5.74, 6) is 1.64. The molecule has 8 nitrogen and oxygen atoms in total. The Balaban J connectivity index is 1.75. The second kappa shape index (κ2) is 6.62. The Morgan fingerprint density at radius 1 is 1.44 bits per heavy atom. The maximum Gasteiger partial charge on any atom is 0.245 e. The lowest BCUT2D eigenvalue weighted by Crippen LogP contribution is -2.23. The molecule has 1 aliphatic heterocycles. The number of amides is 1. The van der Waals surface area contributed by atoms with Gasteiger partial charge in [-0.1, -0.05) is 13.8 Å². The highest BCUT2D eigenvalue weighted by Gasteiger charge is 2.31. The van der Waals surface area contributed by atoms with Crippen LogP contribution in [0.4, 0.5) is 5.82 Å². The van der Waals surface area contributed by atoms with E-state index in [-0.39, 0.29) is 35.9 Å². The predicted octanol–water partition coefficient (Wildman–Crippen LogP) is 1.51. The Hall–Kier alpha value is -2.16. The molecule has 1 N–H and O–H groups in total. The number of imidazole rings is 1. The largest absolute Gasteiger partial charge is 0.325 e. The van der Waals surface area contributed by atoms with Gasteiger partial charge in [-0.05, 0) is 13.3 Å². The van der Waals surface area contributed by atoms with Gasteiger partial charge in [0.2, 0.25) is 5.91 Å². The Bertz CT molecular complexity index is 881. The van der Waals surface area contributed by atoms with E-state index in [0.717, 1.165) is 11.5 Å². The molecule has 1 unspecified atom stereocenters. The molecule has 0 spiro atoms. The number of carbonyl (C=O) groups is 1. The van der Waals surface area contributed by atoms with E-state index in [4.69, 9.17) is 0 Å². The topological polar surface area (TPSA) is 98.9 Å². The Labute approximate surface area is 147 Å². The minimum atomic E-state index is -3.02. The van der Waals surface area contributed by atoms with Gasteiger partial charge in [-0.2, -0.15) is 5.10 Å². The Kier molecular flexibility index (Phi) is 4.68. The normalized spacial score (nSPS) is 19.4. The number of sulfone groups is 1. The van der Waals surface area contributed by atoms with E-state index in [1.807, 2.05) is 25.3 Å². The first-order chi connectivity index (χ1) is 11.7. The number of nitrogens with one attached hydrogen (secondary N) is 1. The zero-order chi connectivity index (χ0) is 18.2. The highest BCUT2D eigenvalue weighted by molar-refractivity contribution is 7.91. The van der Waals surface area contributed by atoms with Gasteiger partial charge in [0.1, 0.15) is 18.2 Å². The van der Waals surface area contributed by atoms with Crippen LogP contribution in [0.1, 0.15) is 43.7 Å². The molecular weight excluding hydrogens is 342 g/mol. The van der Waals surface area contributed by atoms with Crippen molar-refractivity contribution in [2.75, 3.05) is 16.8 Å². The molecule has 1 saturated heterocycles. The van der Waals surface area contributed by atoms with Gasteiger partial charge in [-0.15, -0.1) is 0 Å². The standard InChI is InChI=1S/C16H23N5O3S/c1-11(2)16-17-5-6-20(16)9-15(22)18-14-8-12(3)19-21(14)13-4-7-25(23,24)10-13/h5-6,8,11,13H,4,7,9-10H2,1-3H3,(H,18,22). The summed E-state index contributed by atoms with van der Waals surface area (Å²) < 4.78 is 26.9. The van der Waals surface area contributed by atoms with Crippen LogP contribution in [0.3, 0.4) is 0 Å². The molecule has 0 bridgehead atoms. The number of nitrogens with zero attached hydrogens (tertiary/aromatic N) is 4. The van der Waals surface area contributed by atoms with E-state index in [2.05, 4.69) is 15.4 Å². The van der Waals surface area contributed by atoms with Crippen molar-refractivity contribution in [3.8, 4) is 0 Å². The maximum atomic E-state index is 12.4. The second-order valence-electron chi connectivity index (χ2n) is 6.79. The average molecular weight is 365 g/mol. The van der Waals surface area contributed by atoms with Crippen LogP contribution in [0.25, 0.3) is 0 Å². The van der Waals surface area contributed by atoms with Gasteiger partial charge in [0.05, 0.1) is 23.2 Å². The summed E-state index contributed by atoms with van der Waals surface area (Å²) in [5.41, 5.74) is 0.741. The van der Waals surface area contributed by atoms with Gasteiger partial charge >= 0.3 is 0 Å². The molecule has 1 atom stereocenters. The third-order valence-electron chi connectivity index (χ3n) is 4.26. The van der Waals surface area contributed by atoms with Crippen molar-refractivity contribution >= 4 is 21.6 Å². The van der Waals surface area contributed by atoms with Gasteiger partial charge in [0.25, 0.3) is 0 Å². The lowest BCUT2D eigenvalue weighted by molar-refractivity contribution is -0.116. The zero-order valence-electron chi connectivity index (χ0n) is 14.6. The van der Waals surface area contributed by atoms with Crippen LogP contribution in [-0.4, -0.2) is 45.2 Å². The van der Waals surface area contributed by atoms with Crippen molar-refractivity contribution in [3.63, 3.8) is 0 Å². The molecule has 2 aromatic heterocycles. The minimum Gasteiger partial charge on any atom is -0.325 e. The molecule has 3 rings (SSSR count). The van der Waals surface area contributed by atoms with Crippen molar-refractivity contribution in [3.05, 3.63) is 30.0 Å². The van der Waals surface area contributed by atoms with Crippen molar-refractivity contribution in [1.29, 1.82) is 0 Å². The summed E-state index contributed by atoms with van der Waals surface area (Å²) >= 11 is 0. The fraction of sp³-hybridized carbons (Fsp3) is 0.562. The van der Waals surface area contributed by atoms with E-state index in [1.54, 1.807) is 23.1 Å². The van der Waals surface area contributed by atoms with Crippen LogP contribution >= 0.6 is 0 Å². The van der Waals surface area contributed by atoms with Crippen molar-refractivity contribution in [1.82, 2.24) is 19.3 Å². The molecule has 0 radical (unpaired) electrons. The van der Waals surface area contributed by atoms with Crippen LogP contribution in [0.2, 0.25) is 0 Å². The number of rotatable bonds is 5. The first kappa shape index (κ1) is 17.7. The van der Waals surface area contributed by atoms with Crippen molar-refractivity contribution < 1.29 is 13.2 Å². The summed E-state index contributed by atoms with van der Waals surface area (Å²) in [6.45, 7) is 6.02. The molecule has 1 fully saturated rings. The summed E-state index contributed by atoms with van der Waals surface area (Å²) in [5, 5.41) is 7.23. The first-order valence-electron chi connectivity index (χ1n) is 8.32. The number of hydrogen-bond donors (Lipinski definition) is 1. The SMILES string of the molecule is Cc1cc(NC(=O)Cn2ccnc2C(C)C)n(C2CCS(=O)(=O)C2)n1. The number of aromatic nitrogens is 4. The van der Waals surface area contributed by atoms with Crippen LogP contribution in [-0.2, 0) is 21.2 Å². The van der Waals surface area contributed by atoms with Crippen molar-refractivity contribution in [2.45, 2.75) is 45.7 Å². The van der Waals surface area contributed by atoms with E-state index in [0.29, 0.717) is 12.2 Å². The molecule has 0 aliphatic carbocycles. The van der Waals surface area contributed by atoms with E-state index in [9.17, 15) is 13.2 Å². The smallest absolute Gasteiger partial charge is 0.245 e. The molecule has 0 saturated carbocycles. The van der Waals surface area contributed by atoms with Gasteiger partial charge in [-0.3, -0.25) is 4.79 Å². The fourth-order valence-corrected chi connectivity index (χ4v) is 4.84. The van der Waals surface area contributed by atoms with E-state index in [1.165, 1.54) is 0 Å². The lowest BCUT2D eigenvalue weighted by Gasteiger charge is -2.15.